The predicted octanol–water partition coefficient (Wildman–Crippen LogP) is 6.89. The molecule has 0 radical (unpaired) electrons. The SMILES string of the molecule is Clc1ccc(C2=NN3[C@@H](C2)c2cc(Cl)ccc2O[C@H]3c2ccc(Cl)cc2)cc1. The number of benzene rings is 3. The topological polar surface area (TPSA) is 24.8 Å². The zero-order valence-corrected chi connectivity index (χ0v) is 16.9. The molecule has 0 amide bonds. The van der Waals surface area contributed by atoms with Crippen molar-refractivity contribution in [3.05, 3.63) is 98.5 Å². The Balaban J connectivity index is 1.59. The second kappa shape index (κ2) is 7.00. The molecule has 2 atom stereocenters. The summed E-state index contributed by atoms with van der Waals surface area (Å²) >= 11 is 18.4. The number of fused-ring (bicyclic) bond motifs is 3. The minimum Gasteiger partial charge on any atom is -0.464 e. The van der Waals surface area contributed by atoms with Crippen molar-refractivity contribution < 1.29 is 4.74 Å². The van der Waals surface area contributed by atoms with Crippen molar-refractivity contribution >= 4 is 40.5 Å². The molecule has 6 heteroatoms. The number of halogens is 3. The lowest BCUT2D eigenvalue weighted by atomic mass is 9.96. The molecule has 0 bridgehead atoms. The summed E-state index contributed by atoms with van der Waals surface area (Å²) in [6, 6.07) is 21.2. The second-order valence-electron chi connectivity index (χ2n) is 6.86. The van der Waals surface area contributed by atoms with Crippen LogP contribution in [0.25, 0.3) is 0 Å². The summed E-state index contributed by atoms with van der Waals surface area (Å²) in [5.41, 5.74) is 4.09. The van der Waals surface area contributed by atoms with Gasteiger partial charge in [0, 0.05) is 32.6 Å². The molecule has 140 valence electrons. The highest BCUT2D eigenvalue weighted by Gasteiger charge is 2.41. The summed E-state index contributed by atoms with van der Waals surface area (Å²) in [4.78, 5) is 0. The maximum absolute atomic E-state index is 6.33. The highest BCUT2D eigenvalue weighted by Crippen LogP contribution is 2.48. The van der Waals surface area contributed by atoms with Crippen LogP contribution >= 0.6 is 34.8 Å². The van der Waals surface area contributed by atoms with E-state index in [9.17, 15) is 0 Å². The minimum absolute atomic E-state index is 0.0498. The molecular weight excluding hydrogens is 415 g/mol. The van der Waals surface area contributed by atoms with Crippen LogP contribution in [-0.4, -0.2) is 10.7 Å². The van der Waals surface area contributed by atoms with Gasteiger partial charge >= 0.3 is 0 Å². The predicted molar refractivity (Wildman–Crippen MR) is 113 cm³/mol. The first-order chi connectivity index (χ1) is 13.6. The average Bonchev–Trinajstić information content (AvgIpc) is 3.14. The van der Waals surface area contributed by atoms with Crippen molar-refractivity contribution in [2.24, 2.45) is 5.10 Å². The van der Waals surface area contributed by atoms with Gasteiger partial charge in [0.05, 0.1) is 11.8 Å². The summed E-state index contributed by atoms with van der Waals surface area (Å²) in [5, 5.41) is 9.03. The van der Waals surface area contributed by atoms with Crippen LogP contribution in [0.4, 0.5) is 0 Å². The molecule has 3 nitrogen and oxygen atoms in total. The Bertz CT molecular complexity index is 1060. The number of hydrogen-bond acceptors (Lipinski definition) is 3. The summed E-state index contributed by atoms with van der Waals surface area (Å²) in [7, 11) is 0. The van der Waals surface area contributed by atoms with Crippen molar-refractivity contribution in [2.75, 3.05) is 0 Å². The van der Waals surface area contributed by atoms with Crippen molar-refractivity contribution in [2.45, 2.75) is 18.7 Å². The highest BCUT2D eigenvalue weighted by molar-refractivity contribution is 6.31. The Labute approximate surface area is 178 Å². The molecule has 0 N–H and O–H groups in total. The smallest absolute Gasteiger partial charge is 0.213 e. The molecule has 5 rings (SSSR count). The fourth-order valence-electron chi connectivity index (χ4n) is 3.72. The van der Waals surface area contributed by atoms with Gasteiger partial charge in [-0.3, -0.25) is 0 Å². The standard InChI is InChI=1S/C22H15Cl3N2O/c23-15-5-1-13(2-6-15)19-12-20-18-11-17(25)9-10-21(18)28-22(27(20)26-19)14-3-7-16(24)8-4-14/h1-11,20,22H,12H2/t20-,22-/m0/s1. The molecule has 3 aromatic carbocycles. The molecule has 0 saturated carbocycles. The van der Waals surface area contributed by atoms with E-state index in [1.54, 1.807) is 0 Å². The van der Waals surface area contributed by atoms with E-state index >= 15 is 0 Å². The normalized spacial score (nSPS) is 20.2. The maximum atomic E-state index is 6.33. The number of nitrogens with zero attached hydrogens (tertiary/aromatic N) is 2. The van der Waals surface area contributed by atoms with E-state index in [1.165, 1.54) is 0 Å². The molecule has 0 spiro atoms. The van der Waals surface area contributed by atoms with Crippen LogP contribution in [0.15, 0.2) is 71.8 Å². The Kier molecular flexibility index (Phi) is 4.47. The van der Waals surface area contributed by atoms with Crippen LogP contribution in [0.2, 0.25) is 15.1 Å². The summed E-state index contributed by atoms with van der Waals surface area (Å²) < 4.78 is 6.33. The van der Waals surface area contributed by atoms with Gasteiger partial charge in [-0.2, -0.15) is 5.10 Å². The first-order valence-electron chi connectivity index (χ1n) is 8.92. The van der Waals surface area contributed by atoms with Crippen LogP contribution in [-0.2, 0) is 0 Å². The Hall–Kier alpha value is -2.20. The lowest BCUT2D eigenvalue weighted by Crippen LogP contribution is -2.33. The van der Waals surface area contributed by atoms with Crippen LogP contribution in [0.1, 0.15) is 35.4 Å². The third kappa shape index (κ3) is 3.14. The lowest BCUT2D eigenvalue weighted by molar-refractivity contribution is -0.0190. The van der Waals surface area contributed by atoms with Gasteiger partial charge in [0.2, 0.25) is 6.23 Å². The molecule has 0 aromatic heterocycles. The molecular formula is C22H15Cl3N2O. The molecule has 2 aliphatic heterocycles. The van der Waals surface area contributed by atoms with Crippen LogP contribution in [0, 0.1) is 0 Å². The van der Waals surface area contributed by atoms with Gasteiger partial charge in [-0.25, -0.2) is 5.01 Å². The quantitative estimate of drug-likeness (QED) is 0.443. The van der Waals surface area contributed by atoms with E-state index in [0.717, 1.165) is 34.6 Å². The third-order valence-electron chi connectivity index (χ3n) is 5.08. The monoisotopic (exact) mass is 428 g/mol. The van der Waals surface area contributed by atoms with Crippen molar-refractivity contribution in [1.29, 1.82) is 0 Å². The number of ether oxygens (including phenoxy) is 1. The number of hydrogen-bond donors (Lipinski definition) is 0. The zero-order valence-electron chi connectivity index (χ0n) is 14.6. The number of hydrazone groups is 1. The zero-order chi connectivity index (χ0) is 19.3. The summed E-state index contributed by atoms with van der Waals surface area (Å²) in [5.74, 6) is 0.832. The van der Waals surface area contributed by atoms with E-state index < -0.39 is 0 Å². The van der Waals surface area contributed by atoms with E-state index in [4.69, 9.17) is 44.6 Å². The lowest BCUT2D eigenvalue weighted by Gasteiger charge is -2.38. The first kappa shape index (κ1) is 17.9. The van der Waals surface area contributed by atoms with E-state index in [-0.39, 0.29) is 12.3 Å². The van der Waals surface area contributed by atoms with E-state index in [2.05, 4.69) is 0 Å². The molecule has 2 aliphatic rings. The molecule has 0 saturated heterocycles. The molecule has 3 aromatic rings. The average molecular weight is 430 g/mol. The van der Waals surface area contributed by atoms with E-state index in [1.807, 2.05) is 71.7 Å². The van der Waals surface area contributed by atoms with Crippen molar-refractivity contribution in [1.82, 2.24) is 5.01 Å². The van der Waals surface area contributed by atoms with E-state index in [0.29, 0.717) is 15.1 Å². The van der Waals surface area contributed by atoms with Crippen LogP contribution in [0.5, 0.6) is 5.75 Å². The second-order valence-corrected chi connectivity index (χ2v) is 8.17. The Morgan fingerprint density at radius 2 is 1.46 bits per heavy atom. The Morgan fingerprint density at radius 3 is 2.18 bits per heavy atom. The van der Waals surface area contributed by atoms with Crippen LogP contribution in [0.3, 0.4) is 0 Å². The maximum Gasteiger partial charge on any atom is 0.213 e. The fraction of sp³-hybridized carbons (Fsp3) is 0.136. The fourth-order valence-corrected chi connectivity index (χ4v) is 4.15. The van der Waals surface area contributed by atoms with Crippen LogP contribution < -0.4 is 4.74 Å². The van der Waals surface area contributed by atoms with Gasteiger partial charge in [0.15, 0.2) is 0 Å². The summed E-state index contributed by atoms with van der Waals surface area (Å²) in [6.45, 7) is 0. The Morgan fingerprint density at radius 1 is 0.821 bits per heavy atom. The van der Waals surface area contributed by atoms with Gasteiger partial charge in [-0.1, -0.05) is 59.1 Å². The minimum atomic E-state index is -0.333. The third-order valence-corrected chi connectivity index (χ3v) is 5.82. The van der Waals surface area contributed by atoms with Crippen molar-refractivity contribution in [3.8, 4) is 5.75 Å². The van der Waals surface area contributed by atoms with Gasteiger partial charge in [-0.15, -0.1) is 0 Å². The van der Waals surface area contributed by atoms with Crippen molar-refractivity contribution in [3.63, 3.8) is 0 Å². The molecule has 2 heterocycles. The molecule has 0 aliphatic carbocycles. The van der Waals surface area contributed by atoms with Gasteiger partial charge in [0.1, 0.15) is 5.75 Å². The van der Waals surface area contributed by atoms with Gasteiger partial charge in [0.25, 0.3) is 0 Å². The van der Waals surface area contributed by atoms with Gasteiger partial charge < -0.3 is 4.74 Å². The molecule has 0 fully saturated rings. The molecule has 0 unspecified atom stereocenters. The molecule has 28 heavy (non-hydrogen) atoms. The highest BCUT2D eigenvalue weighted by atomic mass is 35.5. The summed E-state index contributed by atoms with van der Waals surface area (Å²) in [6.07, 6.45) is 0.434. The van der Waals surface area contributed by atoms with Gasteiger partial charge in [-0.05, 0) is 48.0 Å². The first-order valence-corrected chi connectivity index (χ1v) is 10.1. The largest absolute Gasteiger partial charge is 0.464 e. The number of rotatable bonds is 2.